The number of hydrogen-bond acceptors (Lipinski definition) is 4. The molecule has 5 heteroatoms. The van der Waals surface area contributed by atoms with Gasteiger partial charge in [0, 0.05) is 11.4 Å². The molecule has 0 fully saturated rings. The highest BCUT2D eigenvalue weighted by Gasteiger charge is 2.14. The lowest BCUT2D eigenvalue weighted by Crippen LogP contribution is -2.37. The van der Waals surface area contributed by atoms with Gasteiger partial charge in [-0.3, -0.25) is 4.79 Å². The Morgan fingerprint density at radius 2 is 1.78 bits per heavy atom. The lowest BCUT2D eigenvalue weighted by molar-refractivity contribution is -0.127. The van der Waals surface area contributed by atoms with Crippen LogP contribution in [0.15, 0.2) is 66.0 Å². The number of rotatable bonds is 7. The minimum atomic E-state index is -0.561. The fraction of sp³-hybridized carbons (Fsp3) is 0.182. The average molecular weight is 376 g/mol. The Balaban J connectivity index is 1.52. The third kappa shape index (κ3) is 5.19. The Morgan fingerprint density at radius 1 is 1.11 bits per heavy atom. The van der Waals surface area contributed by atoms with Gasteiger partial charge in [-0.1, -0.05) is 30.3 Å². The summed E-state index contributed by atoms with van der Waals surface area (Å²) >= 11 is 1.69. The molecule has 0 bridgehead atoms. The van der Waals surface area contributed by atoms with Crippen LogP contribution in [0.4, 0.5) is 0 Å². The largest absolute Gasteiger partial charge is 0.481 e. The van der Waals surface area contributed by atoms with Crippen molar-refractivity contribution in [2.75, 3.05) is 6.54 Å². The Labute approximate surface area is 163 Å². The SMILES string of the molecule is C[C@H](Oc1ccc(-c2ccc(C#N)cc2)cc1)C(=O)NCCc1cccs1. The molecule has 0 aliphatic heterocycles. The summed E-state index contributed by atoms with van der Waals surface area (Å²) < 4.78 is 5.74. The van der Waals surface area contributed by atoms with E-state index in [2.05, 4.69) is 17.5 Å². The van der Waals surface area contributed by atoms with Crippen LogP contribution in [0.3, 0.4) is 0 Å². The molecule has 136 valence electrons. The van der Waals surface area contributed by atoms with E-state index in [-0.39, 0.29) is 5.91 Å². The number of benzene rings is 2. The molecule has 1 amide bonds. The molecule has 0 unspecified atom stereocenters. The predicted molar refractivity (Wildman–Crippen MR) is 108 cm³/mol. The van der Waals surface area contributed by atoms with Gasteiger partial charge in [-0.2, -0.15) is 5.26 Å². The van der Waals surface area contributed by atoms with Gasteiger partial charge in [0.25, 0.3) is 5.91 Å². The molecule has 0 aliphatic carbocycles. The van der Waals surface area contributed by atoms with Crippen molar-refractivity contribution in [1.82, 2.24) is 5.32 Å². The fourth-order valence-electron chi connectivity index (χ4n) is 2.63. The molecule has 0 saturated heterocycles. The standard InChI is InChI=1S/C22H20N2O2S/c1-16(22(25)24-13-12-21-3-2-14-27-21)26-20-10-8-19(9-11-20)18-6-4-17(15-23)5-7-18/h2-11,14,16H,12-13H2,1H3,(H,24,25)/t16-/m0/s1. The number of hydrogen-bond donors (Lipinski definition) is 1. The number of nitrogens with one attached hydrogen (secondary N) is 1. The third-order valence-corrected chi connectivity index (χ3v) is 5.07. The molecule has 0 aliphatic rings. The van der Waals surface area contributed by atoms with Gasteiger partial charge >= 0.3 is 0 Å². The lowest BCUT2D eigenvalue weighted by atomic mass is 10.0. The van der Waals surface area contributed by atoms with Crippen molar-refractivity contribution < 1.29 is 9.53 Å². The number of thiophene rings is 1. The van der Waals surface area contributed by atoms with Gasteiger partial charge in [-0.05, 0) is 60.2 Å². The second-order valence-electron chi connectivity index (χ2n) is 6.09. The molecular formula is C22H20N2O2S. The first-order chi connectivity index (χ1) is 13.2. The summed E-state index contributed by atoms with van der Waals surface area (Å²) in [4.78, 5) is 13.4. The summed E-state index contributed by atoms with van der Waals surface area (Å²) in [6, 6.07) is 21.2. The second kappa shape index (κ2) is 9.02. The van der Waals surface area contributed by atoms with Crippen LogP contribution in [0.2, 0.25) is 0 Å². The number of carbonyl (C=O) groups is 1. The van der Waals surface area contributed by atoms with Crippen LogP contribution in [-0.4, -0.2) is 18.6 Å². The van der Waals surface area contributed by atoms with Crippen LogP contribution in [0.25, 0.3) is 11.1 Å². The topological polar surface area (TPSA) is 62.1 Å². The third-order valence-electron chi connectivity index (χ3n) is 4.13. The van der Waals surface area contributed by atoms with E-state index in [1.165, 1.54) is 4.88 Å². The molecular weight excluding hydrogens is 356 g/mol. The van der Waals surface area contributed by atoms with Gasteiger partial charge in [0.1, 0.15) is 5.75 Å². The van der Waals surface area contributed by atoms with Crippen molar-refractivity contribution in [2.45, 2.75) is 19.4 Å². The number of ether oxygens (including phenoxy) is 1. The fourth-order valence-corrected chi connectivity index (χ4v) is 3.34. The van der Waals surface area contributed by atoms with Crippen molar-refractivity contribution in [3.63, 3.8) is 0 Å². The number of amides is 1. The minimum Gasteiger partial charge on any atom is -0.481 e. The molecule has 1 N–H and O–H groups in total. The molecule has 2 aromatic carbocycles. The molecule has 1 heterocycles. The first-order valence-electron chi connectivity index (χ1n) is 8.73. The molecule has 0 saturated carbocycles. The van der Waals surface area contributed by atoms with Gasteiger partial charge in [-0.25, -0.2) is 0 Å². The van der Waals surface area contributed by atoms with Gasteiger partial charge in [-0.15, -0.1) is 11.3 Å². The molecule has 0 spiro atoms. The Kier molecular flexibility index (Phi) is 6.24. The van der Waals surface area contributed by atoms with Crippen LogP contribution < -0.4 is 10.1 Å². The zero-order valence-corrected chi connectivity index (χ0v) is 15.8. The summed E-state index contributed by atoms with van der Waals surface area (Å²) in [6.07, 6.45) is 0.268. The maximum absolute atomic E-state index is 12.2. The van der Waals surface area contributed by atoms with Crippen molar-refractivity contribution >= 4 is 17.2 Å². The second-order valence-corrected chi connectivity index (χ2v) is 7.13. The quantitative estimate of drug-likeness (QED) is 0.664. The van der Waals surface area contributed by atoms with Crippen LogP contribution >= 0.6 is 11.3 Å². The van der Waals surface area contributed by atoms with E-state index in [0.717, 1.165) is 17.5 Å². The molecule has 0 radical (unpaired) electrons. The number of nitriles is 1. The van der Waals surface area contributed by atoms with E-state index >= 15 is 0 Å². The number of nitrogens with zero attached hydrogens (tertiary/aromatic N) is 1. The van der Waals surface area contributed by atoms with E-state index in [4.69, 9.17) is 10.00 Å². The van der Waals surface area contributed by atoms with Crippen molar-refractivity contribution in [1.29, 1.82) is 5.26 Å². The normalized spacial score (nSPS) is 11.4. The van der Waals surface area contributed by atoms with Crippen LogP contribution in [0.5, 0.6) is 5.75 Å². The van der Waals surface area contributed by atoms with Gasteiger partial charge in [0.2, 0.25) is 0 Å². The van der Waals surface area contributed by atoms with Crippen LogP contribution in [0, 0.1) is 11.3 Å². The van der Waals surface area contributed by atoms with Gasteiger partial charge in [0.15, 0.2) is 6.10 Å². The first-order valence-corrected chi connectivity index (χ1v) is 9.61. The average Bonchev–Trinajstić information content (AvgIpc) is 3.22. The minimum absolute atomic E-state index is 0.122. The molecule has 27 heavy (non-hydrogen) atoms. The summed E-state index contributed by atoms with van der Waals surface area (Å²) in [6.45, 7) is 2.35. The molecule has 1 atom stereocenters. The van der Waals surface area contributed by atoms with Crippen LogP contribution in [-0.2, 0) is 11.2 Å². The smallest absolute Gasteiger partial charge is 0.260 e. The zero-order valence-electron chi connectivity index (χ0n) is 15.0. The summed E-state index contributed by atoms with van der Waals surface area (Å²) in [5.41, 5.74) is 2.69. The predicted octanol–water partition coefficient (Wildman–Crippen LogP) is 4.41. The van der Waals surface area contributed by atoms with Gasteiger partial charge < -0.3 is 10.1 Å². The molecule has 3 aromatic rings. The Morgan fingerprint density at radius 3 is 2.37 bits per heavy atom. The first kappa shape index (κ1) is 18.7. The monoisotopic (exact) mass is 376 g/mol. The zero-order chi connectivity index (χ0) is 19.1. The van der Waals surface area contributed by atoms with E-state index in [9.17, 15) is 4.79 Å². The van der Waals surface area contributed by atoms with Crippen molar-refractivity contribution in [3.8, 4) is 22.9 Å². The summed E-state index contributed by atoms with van der Waals surface area (Å²) in [5, 5.41) is 13.8. The molecule has 1 aromatic heterocycles. The van der Waals surface area contributed by atoms with E-state index < -0.39 is 6.10 Å². The highest BCUT2D eigenvalue weighted by molar-refractivity contribution is 7.09. The Bertz CT molecular complexity index is 910. The highest BCUT2D eigenvalue weighted by atomic mass is 32.1. The molecule has 4 nitrogen and oxygen atoms in total. The van der Waals surface area contributed by atoms with Crippen LogP contribution in [0.1, 0.15) is 17.4 Å². The molecule has 3 rings (SSSR count). The maximum atomic E-state index is 12.2. The van der Waals surface area contributed by atoms with Crippen molar-refractivity contribution in [3.05, 3.63) is 76.5 Å². The maximum Gasteiger partial charge on any atom is 0.260 e. The van der Waals surface area contributed by atoms with E-state index in [1.807, 2.05) is 47.8 Å². The lowest BCUT2D eigenvalue weighted by Gasteiger charge is -2.15. The van der Waals surface area contributed by atoms with E-state index in [0.29, 0.717) is 17.9 Å². The Hall–Kier alpha value is -3.10. The highest BCUT2D eigenvalue weighted by Crippen LogP contribution is 2.23. The number of carbonyl (C=O) groups excluding carboxylic acids is 1. The van der Waals surface area contributed by atoms with Gasteiger partial charge in [0.05, 0.1) is 11.6 Å². The van der Waals surface area contributed by atoms with E-state index in [1.54, 1.807) is 30.4 Å². The summed E-state index contributed by atoms with van der Waals surface area (Å²) in [7, 11) is 0. The van der Waals surface area contributed by atoms with Crippen molar-refractivity contribution in [2.24, 2.45) is 0 Å². The summed E-state index contributed by atoms with van der Waals surface area (Å²) in [5.74, 6) is 0.524.